The van der Waals surface area contributed by atoms with Crippen LogP contribution in [0.3, 0.4) is 0 Å². The SMILES string of the molecule is C[C@@H]1[C@H](C)CCC[C@@H]1NC(=O)CN1CCN(S(=O)(=O)c2ccccc2Cl)CC1. The number of halogens is 1. The molecule has 1 aliphatic carbocycles. The van der Waals surface area contributed by atoms with Crippen LogP contribution >= 0.6 is 11.6 Å². The molecule has 28 heavy (non-hydrogen) atoms. The molecule has 1 saturated heterocycles. The van der Waals surface area contributed by atoms with Crippen LogP contribution in [-0.2, 0) is 14.8 Å². The summed E-state index contributed by atoms with van der Waals surface area (Å²) in [4.78, 5) is 14.6. The molecule has 1 heterocycles. The van der Waals surface area contributed by atoms with Gasteiger partial charge in [0.2, 0.25) is 15.9 Å². The minimum absolute atomic E-state index is 0.0355. The summed E-state index contributed by atoms with van der Waals surface area (Å²) in [5.74, 6) is 1.17. The first-order valence-electron chi connectivity index (χ1n) is 10.1. The van der Waals surface area contributed by atoms with Crippen molar-refractivity contribution in [1.29, 1.82) is 0 Å². The number of sulfonamides is 1. The molecule has 0 aromatic heterocycles. The van der Waals surface area contributed by atoms with E-state index in [0.717, 1.165) is 12.8 Å². The van der Waals surface area contributed by atoms with Crippen molar-refractivity contribution in [2.24, 2.45) is 11.8 Å². The van der Waals surface area contributed by atoms with Crippen LogP contribution in [0.2, 0.25) is 5.02 Å². The summed E-state index contributed by atoms with van der Waals surface area (Å²) in [5.41, 5.74) is 0. The molecule has 1 N–H and O–H groups in total. The van der Waals surface area contributed by atoms with Crippen molar-refractivity contribution < 1.29 is 13.2 Å². The number of piperazine rings is 1. The fourth-order valence-electron chi connectivity index (χ4n) is 4.16. The molecule has 1 saturated carbocycles. The molecular formula is C20H30ClN3O3S. The maximum absolute atomic E-state index is 12.8. The van der Waals surface area contributed by atoms with E-state index in [1.54, 1.807) is 18.2 Å². The number of amides is 1. The Morgan fingerprint density at radius 3 is 2.50 bits per heavy atom. The van der Waals surface area contributed by atoms with Crippen molar-refractivity contribution in [2.75, 3.05) is 32.7 Å². The highest BCUT2D eigenvalue weighted by Gasteiger charge is 2.32. The minimum atomic E-state index is -3.61. The zero-order chi connectivity index (χ0) is 20.3. The predicted molar refractivity (Wildman–Crippen MR) is 111 cm³/mol. The van der Waals surface area contributed by atoms with E-state index in [4.69, 9.17) is 11.6 Å². The second-order valence-electron chi connectivity index (χ2n) is 8.05. The van der Waals surface area contributed by atoms with Gasteiger partial charge in [-0.15, -0.1) is 0 Å². The highest BCUT2D eigenvalue weighted by atomic mass is 35.5. The van der Waals surface area contributed by atoms with Gasteiger partial charge in [-0.3, -0.25) is 9.69 Å². The van der Waals surface area contributed by atoms with Gasteiger partial charge in [-0.25, -0.2) is 8.42 Å². The van der Waals surface area contributed by atoms with Crippen LogP contribution in [0, 0.1) is 11.8 Å². The fourth-order valence-corrected chi connectivity index (χ4v) is 6.08. The monoisotopic (exact) mass is 427 g/mol. The molecule has 2 fully saturated rings. The summed E-state index contributed by atoms with van der Waals surface area (Å²) in [7, 11) is -3.61. The molecule has 3 rings (SSSR count). The van der Waals surface area contributed by atoms with Crippen molar-refractivity contribution in [3.8, 4) is 0 Å². The number of nitrogens with zero attached hydrogens (tertiary/aromatic N) is 2. The molecule has 0 spiro atoms. The molecule has 1 amide bonds. The third-order valence-corrected chi connectivity index (χ3v) is 8.60. The van der Waals surface area contributed by atoms with E-state index in [-0.39, 0.29) is 21.9 Å². The molecule has 0 unspecified atom stereocenters. The van der Waals surface area contributed by atoms with Gasteiger partial charge < -0.3 is 5.32 Å². The lowest BCUT2D eigenvalue weighted by Crippen LogP contribution is -2.52. The van der Waals surface area contributed by atoms with Crippen molar-refractivity contribution in [3.63, 3.8) is 0 Å². The van der Waals surface area contributed by atoms with Gasteiger partial charge in [-0.05, 0) is 30.4 Å². The second kappa shape index (κ2) is 9.11. The average molecular weight is 428 g/mol. The summed E-state index contributed by atoms with van der Waals surface area (Å²) < 4.78 is 27.1. The first kappa shape index (κ1) is 21.6. The summed E-state index contributed by atoms with van der Waals surface area (Å²) in [6, 6.07) is 6.75. The van der Waals surface area contributed by atoms with E-state index >= 15 is 0 Å². The van der Waals surface area contributed by atoms with Gasteiger partial charge >= 0.3 is 0 Å². The Hall–Kier alpha value is -1.15. The Morgan fingerprint density at radius 1 is 1.14 bits per heavy atom. The topological polar surface area (TPSA) is 69.7 Å². The number of hydrogen-bond acceptors (Lipinski definition) is 4. The summed E-state index contributed by atoms with van der Waals surface area (Å²) in [6.07, 6.45) is 3.44. The summed E-state index contributed by atoms with van der Waals surface area (Å²) in [6.45, 7) is 6.57. The smallest absolute Gasteiger partial charge is 0.244 e. The number of nitrogens with one attached hydrogen (secondary N) is 1. The average Bonchev–Trinajstić information content (AvgIpc) is 2.66. The zero-order valence-electron chi connectivity index (χ0n) is 16.6. The van der Waals surface area contributed by atoms with Gasteiger partial charge in [0.1, 0.15) is 4.90 Å². The number of rotatable bonds is 5. The third kappa shape index (κ3) is 4.87. The second-order valence-corrected chi connectivity index (χ2v) is 10.4. The van der Waals surface area contributed by atoms with E-state index in [1.807, 2.05) is 4.90 Å². The number of hydrogen-bond donors (Lipinski definition) is 1. The standard InChI is InChI=1S/C20H30ClN3O3S/c1-15-6-5-8-18(16(15)2)22-20(25)14-23-10-12-24(13-11-23)28(26,27)19-9-4-3-7-17(19)21/h3-4,7,9,15-16,18H,5-6,8,10-14H2,1-2H3,(H,22,25)/t15-,16-,18+/m1/s1. The van der Waals surface area contributed by atoms with E-state index in [9.17, 15) is 13.2 Å². The van der Waals surface area contributed by atoms with E-state index in [2.05, 4.69) is 19.2 Å². The van der Waals surface area contributed by atoms with Crippen LogP contribution in [0.4, 0.5) is 0 Å². The Morgan fingerprint density at radius 2 is 1.82 bits per heavy atom. The van der Waals surface area contributed by atoms with Gasteiger partial charge in [0.15, 0.2) is 0 Å². The Bertz CT molecular complexity index is 794. The van der Waals surface area contributed by atoms with Gasteiger partial charge in [0, 0.05) is 32.2 Å². The third-order valence-electron chi connectivity index (χ3n) is 6.21. The maximum Gasteiger partial charge on any atom is 0.244 e. The molecule has 6 nitrogen and oxygen atoms in total. The van der Waals surface area contributed by atoms with Crippen LogP contribution in [0.5, 0.6) is 0 Å². The van der Waals surface area contributed by atoms with Gasteiger partial charge in [0.05, 0.1) is 11.6 Å². The lowest BCUT2D eigenvalue weighted by molar-refractivity contribution is -0.124. The highest BCUT2D eigenvalue weighted by Crippen LogP contribution is 2.29. The quantitative estimate of drug-likeness (QED) is 0.784. The lowest BCUT2D eigenvalue weighted by Gasteiger charge is -2.36. The summed E-state index contributed by atoms with van der Waals surface area (Å²) in [5, 5.41) is 3.43. The molecule has 1 aromatic rings. The Kier molecular flexibility index (Phi) is 7.02. The van der Waals surface area contributed by atoms with Gasteiger partial charge in [-0.2, -0.15) is 4.31 Å². The molecule has 0 radical (unpaired) electrons. The Balaban J connectivity index is 1.51. The molecule has 3 atom stereocenters. The maximum atomic E-state index is 12.8. The predicted octanol–water partition coefficient (Wildman–Crippen LogP) is 2.59. The van der Waals surface area contributed by atoms with E-state index < -0.39 is 10.0 Å². The van der Waals surface area contributed by atoms with Crippen LogP contribution in [0.15, 0.2) is 29.2 Å². The molecule has 1 aliphatic heterocycles. The normalized spacial score (nSPS) is 27.5. The van der Waals surface area contributed by atoms with Crippen molar-refractivity contribution >= 4 is 27.5 Å². The molecule has 156 valence electrons. The lowest BCUT2D eigenvalue weighted by atomic mass is 9.78. The molecular weight excluding hydrogens is 398 g/mol. The number of benzene rings is 1. The van der Waals surface area contributed by atoms with Crippen molar-refractivity contribution in [3.05, 3.63) is 29.3 Å². The van der Waals surface area contributed by atoms with Crippen LogP contribution in [0.1, 0.15) is 33.1 Å². The van der Waals surface area contributed by atoms with Crippen LogP contribution < -0.4 is 5.32 Å². The Labute approximate surface area is 173 Å². The minimum Gasteiger partial charge on any atom is -0.352 e. The largest absolute Gasteiger partial charge is 0.352 e. The molecule has 0 bridgehead atoms. The van der Waals surface area contributed by atoms with Crippen molar-refractivity contribution in [2.45, 2.75) is 44.0 Å². The molecule has 1 aromatic carbocycles. The summed E-state index contributed by atoms with van der Waals surface area (Å²) >= 11 is 6.07. The molecule has 2 aliphatic rings. The van der Waals surface area contributed by atoms with Crippen LogP contribution in [-0.4, -0.2) is 62.3 Å². The van der Waals surface area contributed by atoms with Gasteiger partial charge in [0.25, 0.3) is 0 Å². The van der Waals surface area contributed by atoms with Crippen LogP contribution in [0.25, 0.3) is 0 Å². The zero-order valence-corrected chi connectivity index (χ0v) is 18.2. The molecule has 8 heteroatoms. The van der Waals surface area contributed by atoms with E-state index in [1.165, 1.54) is 16.8 Å². The highest BCUT2D eigenvalue weighted by molar-refractivity contribution is 7.89. The van der Waals surface area contributed by atoms with Crippen molar-refractivity contribution in [1.82, 2.24) is 14.5 Å². The number of carbonyl (C=O) groups is 1. The van der Waals surface area contributed by atoms with E-state index in [0.29, 0.717) is 44.6 Å². The number of carbonyl (C=O) groups excluding carboxylic acids is 1. The fraction of sp³-hybridized carbons (Fsp3) is 0.650. The van der Waals surface area contributed by atoms with Gasteiger partial charge in [-0.1, -0.05) is 50.4 Å². The first-order chi connectivity index (χ1) is 13.3. The first-order valence-corrected chi connectivity index (χ1v) is 11.9.